The minimum atomic E-state index is -0.465. The maximum absolute atomic E-state index is 10.0. The third-order valence-corrected chi connectivity index (χ3v) is 1.19. The molecular weight excluding hydrogens is 122 g/mol. The smallest absolute Gasteiger partial charge is 0.390 e. The lowest BCUT2D eigenvalue weighted by atomic mass is 10.6. The van der Waals surface area contributed by atoms with E-state index in [1.165, 1.54) is 4.90 Å². The zero-order valence-electron chi connectivity index (χ0n) is 5.07. The second-order valence-electron chi connectivity index (χ2n) is 1.86. The fourth-order valence-corrected chi connectivity index (χ4v) is 0.718. The van der Waals surface area contributed by atoms with E-state index in [1.54, 1.807) is 7.05 Å². The van der Waals surface area contributed by atoms with Crippen LogP contribution in [0.1, 0.15) is 0 Å². The first kappa shape index (κ1) is 6.00. The van der Waals surface area contributed by atoms with Crippen LogP contribution in [0.4, 0.5) is 0 Å². The molecule has 0 radical (unpaired) electrons. The molecule has 0 aliphatic carbocycles. The van der Waals surface area contributed by atoms with Crippen molar-refractivity contribution in [1.29, 1.82) is 0 Å². The molecule has 0 fully saturated rings. The molecule has 0 amide bonds. The first-order valence-electron chi connectivity index (χ1n) is 2.62. The van der Waals surface area contributed by atoms with Crippen LogP contribution in [0.2, 0.25) is 0 Å². The Morgan fingerprint density at radius 1 is 1.89 bits per heavy atom. The van der Waals surface area contributed by atoms with Crippen molar-refractivity contribution >= 4 is 5.96 Å². The van der Waals surface area contributed by atoms with Gasteiger partial charge in [0.1, 0.15) is 13.1 Å². The minimum absolute atomic E-state index is 0.0185. The van der Waals surface area contributed by atoms with Crippen LogP contribution in [0.25, 0.3) is 0 Å². The average Bonchev–Trinajstić information content (AvgIpc) is 2.13. The van der Waals surface area contributed by atoms with Gasteiger partial charge in [0.05, 0.1) is 7.05 Å². The maximum atomic E-state index is 10.0. The normalized spacial score (nSPS) is 17.9. The average molecular weight is 129 g/mol. The van der Waals surface area contributed by atoms with Gasteiger partial charge < -0.3 is 10.1 Å². The molecule has 1 aliphatic rings. The van der Waals surface area contributed by atoms with Crippen molar-refractivity contribution in [3.63, 3.8) is 0 Å². The highest BCUT2D eigenvalue weighted by Gasteiger charge is 2.23. The Balaban J connectivity index is 2.68. The lowest BCUT2D eigenvalue weighted by Gasteiger charge is -2.03. The summed E-state index contributed by atoms with van der Waals surface area (Å²) in [6.45, 7) is 1.21. The summed E-state index contributed by atoms with van der Waals surface area (Å²) in [4.78, 5) is 14.8. The maximum Gasteiger partial charge on any atom is 0.424 e. The third-order valence-electron chi connectivity index (χ3n) is 1.19. The Labute approximate surface area is 52.1 Å². The second kappa shape index (κ2) is 2.00. The van der Waals surface area contributed by atoms with Crippen molar-refractivity contribution in [2.75, 3.05) is 20.1 Å². The summed E-state index contributed by atoms with van der Waals surface area (Å²) in [5.41, 5.74) is 0. The minimum Gasteiger partial charge on any atom is -0.390 e. The molecule has 0 aromatic carbocycles. The van der Waals surface area contributed by atoms with Gasteiger partial charge in [-0.2, -0.15) is 0 Å². The number of hydrogen-bond acceptors (Lipinski definition) is 4. The van der Waals surface area contributed by atoms with Crippen molar-refractivity contribution in [1.82, 2.24) is 4.90 Å². The number of guanidine groups is 1. The van der Waals surface area contributed by atoms with Crippen LogP contribution in [0.5, 0.6) is 0 Å². The highest BCUT2D eigenvalue weighted by atomic mass is 16.6. The number of aliphatic imine (C=N–C) groups is 1. The van der Waals surface area contributed by atoms with E-state index in [0.717, 1.165) is 0 Å². The molecule has 0 unspecified atom stereocenters. The van der Waals surface area contributed by atoms with Crippen molar-refractivity contribution in [2.45, 2.75) is 0 Å². The highest BCUT2D eigenvalue weighted by Crippen LogP contribution is 1.96. The van der Waals surface area contributed by atoms with Gasteiger partial charge in [-0.25, -0.2) is 0 Å². The van der Waals surface area contributed by atoms with E-state index in [0.29, 0.717) is 13.1 Å². The van der Waals surface area contributed by atoms with Crippen LogP contribution >= 0.6 is 0 Å². The molecule has 0 atom stereocenters. The number of likely N-dealkylation sites (N-methyl/N-ethyl adjacent to an activating group) is 1. The summed E-state index contributed by atoms with van der Waals surface area (Å²) in [6, 6.07) is 0. The van der Waals surface area contributed by atoms with Crippen molar-refractivity contribution in [2.24, 2.45) is 4.99 Å². The van der Waals surface area contributed by atoms with E-state index < -0.39 is 4.92 Å². The summed E-state index contributed by atoms with van der Waals surface area (Å²) in [5.74, 6) is -0.0185. The largest absolute Gasteiger partial charge is 0.424 e. The van der Waals surface area contributed by atoms with Gasteiger partial charge in [-0.05, 0) is 4.92 Å². The van der Waals surface area contributed by atoms with Crippen molar-refractivity contribution < 1.29 is 4.92 Å². The summed E-state index contributed by atoms with van der Waals surface area (Å²) in [7, 11) is 1.66. The van der Waals surface area contributed by atoms with Gasteiger partial charge in [-0.15, -0.1) is 4.99 Å². The van der Waals surface area contributed by atoms with Crippen molar-refractivity contribution in [3.8, 4) is 0 Å². The Morgan fingerprint density at radius 2 is 2.56 bits per heavy atom. The third kappa shape index (κ3) is 0.984. The first-order chi connectivity index (χ1) is 4.22. The van der Waals surface area contributed by atoms with Gasteiger partial charge in [-0.1, -0.05) is 0 Å². The van der Waals surface area contributed by atoms with Gasteiger partial charge >= 0.3 is 5.96 Å². The number of nitrogens with zero attached hydrogens (tertiary/aromatic N) is 3. The van der Waals surface area contributed by atoms with Gasteiger partial charge in [0, 0.05) is 0 Å². The molecule has 0 saturated carbocycles. The first-order valence-corrected chi connectivity index (χ1v) is 2.62. The zero-order valence-corrected chi connectivity index (χ0v) is 5.07. The second-order valence-corrected chi connectivity index (χ2v) is 1.86. The Morgan fingerprint density at radius 3 is 2.78 bits per heavy atom. The predicted octanol–water partition coefficient (Wildman–Crippen LogP) is -0.435. The van der Waals surface area contributed by atoms with Crippen LogP contribution in [-0.2, 0) is 0 Å². The summed E-state index contributed by atoms with van der Waals surface area (Å²) < 4.78 is 0. The summed E-state index contributed by atoms with van der Waals surface area (Å²) in [5, 5.41) is 10.0. The molecule has 0 N–H and O–H groups in total. The van der Waals surface area contributed by atoms with Crippen molar-refractivity contribution in [3.05, 3.63) is 10.1 Å². The van der Waals surface area contributed by atoms with Crippen LogP contribution in [-0.4, -0.2) is 35.9 Å². The van der Waals surface area contributed by atoms with Gasteiger partial charge in [0.25, 0.3) is 0 Å². The lowest BCUT2D eigenvalue weighted by Crippen LogP contribution is -2.28. The molecular formula is C4H7N3O2. The standard InChI is InChI=1S/C4H7N3O2/c1-6-3-2-5-4(6)7(8)9/h2-3H2,1H3. The zero-order chi connectivity index (χ0) is 6.85. The summed E-state index contributed by atoms with van der Waals surface area (Å²) in [6.07, 6.45) is 0. The van der Waals surface area contributed by atoms with E-state index in [9.17, 15) is 10.1 Å². The van der Waals surface area contributed by atoms with E-state index in [4.69, 9.17) is 0 Å². The Kier molecular flexibility index (Phi) is 1.33. The van der Waals surface area contributed by atoms with Crippen LogP contribution < -0.4 is 0 Å². The Bertz CT molecular complexity index is 165. The topological polar surface area (TPSA) is 58.7 Å². The highest BCUT2D eigenvalue weighted by molar-refractivity contribution is 5.72. The van der Waals surface area contributed by atoms with E-state index >= 15 is 0 Å². The van der Waals surface area contributed by atoms with E-state index in [2.05, 4.69) is 4.99 Å². The SMILES string of the molecule is CN1CCN=C1[N+](=O)[O-]. The molecule has 1 heterocycles. The number of hydrogen-bond donors (Lipinski definition) is 0. The van der Waals surface area contributed by atoms with Gasteiger partial charge in [0.15, 0.2) is 0 Å². The molecule has 0 aromatic heterocycles. The molecule has 0 saturated heterocycles. The molecule has 0 spiro atoms. The quantitative estimate of drug-likeness (QED) is 0.329. The molecule has 0 aromatic rings. The van der Waals surface area contributed by atoms with E-state index in [1.807, 2.05) is 0 Å². The lowest BCUT2D eigenvalue weighted by molar-refractivity contribution is -0.361. The molecule has 50 valence electrons. The monoisotopic (exact) mass is 129 g/mol. The molecule has 5 heteroatoms. The fraction of sp³-hybridized carbons (Fsp3) is 0.750. The molecule has 1 rings (SSSR count). The van der Waals surface area contributed by atoms with Gasteiger partial charge in [-0.3, -0.25) is 4.90 Å². The predicted molar refractivity (Wildman–Crippen MR) is 31.9 cm³/mol. The Hall–Kier alpha value is -1.13. The molecule has 9 heavy (non-hydrogen) atoms. The molecule has 5 nitrogen and oxygen atoms in total. The fourth-order valence-electron chi connectivity index (χ4n) is 0.718. The van der Waals surface area contributed by atoms with Gasteiger partial charge in [0.2, 0.25) is 0 Å². The molecule has 1 aliphatic heterocycles. The van der Waals surface area contributed by atoms with Crippen LogP contribution in [0.3, 0.4) is 0 Å². The molecule has 0 bridgehead atoms. The van der Waals surface area contributed by atoms with Crippen LogP contribution in [0, 0.1) is 10.1 Å². The number of rotatable bonds is 0. The number of nitro groups is 1. The summed E-state index contributed by atoms with van der Waals surface area (Å²) >= 11 is 0. The van der Waals surface area contributed by atoms with E-state index in [-0.39, 0.29) is 5.96 Å². The van der Waals surface area contributed by atoms with Crippen LogP contribution in [0.15, 0.2) is 4.99 Å².